The van der Waals surface area contributed by atoms with Crippen LogP contribution in [0.15, 0.2) is 4.60 Å². The molecule has 2 nitrogen and oxygen atoms in total. The van der Waals surface area contributed by atoms with Crippen molar-refractivity contribution in [2.45, 2.75) is 26.3 Å². The van der Waals surface area contributed by atoms with Crippen LogP contribution in [-0.4, -0.2) is 9.78 Å². The van der Waals surface area contributed by atoms with Crippen LogP contribution >= 0.6 is 38.5 Å². The average molecular weight is 341 g/mol. The van der Waals surface area contributed by atoms with Crippen LogP contribution < -0.4 is 0 Å². The molecule has 0 N–H and O–H groups in total. The van der Waals surface area contributed by atoms with Crippen LogP contribution in [0.2, 0.25) is 0 Å². The van der Waals surface area contributed by atoms with E-state index in [2.05, 4.69) is 55.2 Å². The van der Waals surface area contributed by atoms with E-state index in [9.17, 15) is 0 Å². The summed E-state index contributed by atoms with van der Waals surface area (Å²) < 4.78 is 4.47. The van der Waals surface area contributed by atoms with Crippen molar-refractivity contribution in [2.75, 3.05) is 0 Å². The van der Waals surface area contributed by atoms with Gasteiger partial charge in [-0.3, -0.25) is 4.68 Å². The lowest BCUT2D eigenvalue weighted by molar-refractivity contribution is 0.549. The Morgan fingerprint density at radius 3 is 2.75 bits per heavy atom. The lowest BCUT2D eigenvalue weighted by atomic mass is 10.4. The molecule has 0 aromatic carbocycles. The molecule has 1 aliphatic carbocycles. The molecule has 1 aromatic rings. The van der Waals surface area contributed by atoms with Crippen molar-refractivity contribution in [1.82, 2.24) is 9.78 Å². The van der Waals surface area contributed by atoms with Crippen LogP contribution in [-0.2, 0) is 6.54 Å². The van der Waals surface area contributed by atoms with Gasteiger partial charge in [-0.15, -0.1) is 0 Å². The van der Waals surface area contributed by atoms with Gasteiger partial charge in [-0.25, -0.2) is 0 Å². The van der Waals surface area contributed by atoms with E-state index >= 15 is 0 Å². The number of aromatic nitrogens is 2. The molecule has 0 bridgehead atoms. The van der Waals surface area contributed by atoms with Crippen LogP contribution in [0.4, 0.5) is 0 Å². The topological polar surface area (TPSA) is 17.8 Å². The Balaban J connectivity index is 2.23. The number of rotatable bonds is 2. The van der Waals surface area contributed by atoms with E-state index in [0.29, 0.717) is 0 Å². The Morgan fingerprint density at radius 1 is 1.67 bits per heavy atom. The highest BCUT2D eigenvalue weighted by molar-refractivity contribution is 14.1. The summed E-state index contributed by atoms with van der Waals surface area (Å²) in [7, 11) is 0. The van der Waals surface area contributed by atoms with E-state index < -0.39 is 0 Å². The third-order valence-electron chi connectivity index (χ3n) is 2.12. The first-order chi connectivity index (χ1) is 5.68. The Kier molecular flexibility index (Phi) is 2.46. The predicted octanol–water partition coefficient (Wildman–Crippen LogP) is 2.97. The zero-order valence-electron chi connectivity index (χ0n) is 6.85. The fourth-order valence-corrected chi connectivity index (χ4v) is 2.09. The van der Waals surface area contributed by atoms with Gasteiger partial charge >= 0.3 is 0 Å². The highest BCUT2D eigenvalue weighted by atomic mass is 127. The minimum atomic E-state index is 0.886. The number of halogens is 2. The summed E-state index contributed by atoms with van der Waals surface area (Å²) in [6.07, 6.45) is 2.75. The number of hydrogen-bond donors (Lipinski definition) is 0. The summed E-state index contributed by atoms with van der Waals surface area (Å²) >= 11 is 5.88. The second-order valence-corrected chi connectivity index (χ2v) is 5.15. The Morgan fingerprint density at radius 2 is 2.33 bits per heavy atom. The van der Waals surface area contributed by atoms with Crippen LogP contribution in [0.3, 0.4) is 0 Å². The molecule has 0 spiro atoms. The summed E-state index contributed by atoms with van der Waals surface area (Å²) in [5.41, 5.74) is 1.13. The zero-order valence-corrected chi connectivity index (χ0v) is 10.6. The van der Waals surface area contributed by atoms with Gasteiger partial charge in [0.25, 0.3) is 0 Å². The number of hydrogen-bond acceptors (Lipinski definition) is 1. The summed E-state index contributed by atoms with van der Waals surface area (Å²) in [6, 6.07) is 0. The van der Waals surface area contributed by atoms with Gasteiger partial charge in [-0.2, -0.15) is 5.10 Å². The van der Waals surface area contributed by atoms with Crippen molar-refractivity contribution in [3.05, 3.63) is 13.9 Å². The van der Waals surface area contributed by atoms with Gasteiger partial charge in [0.15, 0.2) is 0 Å². The van der Waals surface area contributed by atoms with Crippen LogP contribution in [0.5, 0.6) is 0 Å². The van der Waals surface area contributed by atoms with E-state index in [1.165, 1.54) is 16.4 Å². The highest BCUT2D eigenvalue weighted by Gasteiger charge is 2.23. The van der Waals surface area contributed by atoms with Gasteiger partial charge in [0, 0.05) is 6.54 Å². The van der Waals surface area contributed by atoms with Gasteiger partial charge in [0.1, 0.15) is 4.60 Å². The van der Waals surface area contributed by atoms with Gasteiger partial charge in [0.2, 0.25) is 0 Å². The van der Waals surface area contributed by atoms with Crippen molar-refractivity contribution in [3.8, 4) is 0 Å². The molecule has 2 rings (SSSR count). The molecular formula is C8H10BrIN2. The first kappa shape index (κ1) is 8.99. The van der Waals surface area contributed by atoms with Gasteiger partial charge in [0.05, 0.1) is 9.26 Å². The van der Waals surface area contributed by atoms with Crippen LogP contribution in [0.1, 0.15) is 18.5 Å². The largest absolute Gasteiger partial charge is 0.257 e. The van der Waals surface area contributed by atoms with E-state index in [1.807, 2.05) is 0 Å². The van der Waals surface area contributed by atoms with Crippen LogP contribution in [0.25, 0.3) is 0 Å². The fourth-order valence-electron chi connectivity index (χ4n) is 1.20. The van der Waals surface area contributed by atoms with Crippen molar-refractivity contribution in [2.24, 2.45) is 5.92 Å². The summed E-state index contributed by atoms with van der Waals surface area (Å²) in [4.78, 5) is 0. The maximum Gasteiger partial charge on any atom is 0.117 e. The second kappa shape index (κ2) is 3.29. The number of aryl methyl sites for hydroxylation is 1. The molecule has 4 heteroatoms. The van der Waals surface area contributed by atoms with Gasteiger partial charge < -0.3 is 0 Å². The molecule has 0 saturated heterocycles. The Bertz CT molecular complexity index is 304. The maximum absolute atomic E-state index is 4.45. The monoisotopic (exact) mass is 340 g/mol. The second-order valence-electron chi connectivity index (χ2n) is 3.32. The quantitative estimate of drug-likeness (QED) is 0.757. The minimum Gasteiger partial charge on any atom is -0.257 e. The highest BCUT2D eigenvalue weighted by Crippen LogP contribution is 2.32. The fraction of sp³-hybridized carbons (Fsp3) is 0.625. The minimum absolute atomic E-state index is 0.886. The third kappa shape index (κ3) is 1.69. The summed E-state index contributed by atoms with van der Waals surface area (Å²) in [5, 5.41) is 4.45. The Labute approximate surface area is 94.0 Å². The molecule has 66 valence electrons. The molecule has 1 aliphatic rings. The molecule has 0 aliphatic heterocycles. The SMILES string of the molecule is Cc1nn(CC2CC2)c(Br)c1I. The normalized spacial score (nSPS) is 16.9. The molecule has 1 saturated carbocycles. The predicted molar refractivity (Wildman–Crippen MR) is 60.1 cm³/mol. The van der Waals surface area contributed by atoms with E-state index in [-0.39, 0.29) is 0 Å². The molecule has 0 unspecified atom stereocenters. The molecule has 0 radical (unpaired) electrons. The molecule has 1 aromatic heterocycles. The van der Waals surface area contributed by atoms with Crippen molar-refractivity contribution in [1.29, 1.82) is 0 Å². The average Bonchev–Trinajstić information content (AvgIpc) is 2.80. The molecular weight excluding hydrogens is 331 g/mol. The van der Waals surface area contributed by atoms with E-state index in [4.69, 9.17) is 0 Å². The van der Waals surface area contributed by atoms with Gasteiger partial charge in [-0.1, -0.05) is 0 Å². The zero-order chi connectivity index (χ0) is 8.72. The number of nitrogens with zero attached hydrogens (tertiary/aromatic N) is 2. The molecule has 1 fully saturated rings. The van der Waals surface area contributed by atoms with E-state index in [1.54, 1.807) is 0 Å². The molecule has 0 amide bonds. The van der Waals surface area contributed by atoms with Crippen molar-refractivity contribution >= 4 is 38.5 Å². The molecule has 0 atom stereocenters. The maximum atomic E-state index is 4.45. The van der Waals surface area contributed by atoms with Crippen molar-refractivity contribution < 1.29 is 0 Å². The lowest BCUT2D eigenvalue weighted by Gasteiger charge is -1.99. The smallest absolute Gasteiger partial charge is 0.117 e. The summed E-state index contributed by atoms with van der Waals surface area (Å²) in [5.74, 6) is 0.886. The van der Waals surface area contributed by atoms with Gasteiger partial charge in [-0.05, 0) is 64.2 Å². The molecule has 1 heterocycles. The standard InChI is InChI=1S/C8H10BrIN2/c1-5-7(10)8(9)12(11-5)4-6-2-3-6/h6H,2-4H2,1H3. The first-order valence-corrected chi connectivity index (χ1v) is 5.94. The third-order valence-corrected chi connectivity index (χ3v) is 4.96. The van der Waals surface area contributed by atoms with Crippen LogP contribution in [0, 0.1) is 16.4 Å². The van der Waals surface area contributed by atoms with E-state index in [0.717, 1.165) is 22.8 Å². The lowest BCUT2D eigenvalue weighted by Crippen LogP contribution is -2.02. The summed E-state index contributed by atoms with van der Waals surface area (Å²) in [6.45, 7) is 3.14. The van der Waals surface area contributed by atoms with Crippen molar-refractivity contribution in [3.63, 3.8) is 0 Å². The molecule has 12 heavy (non-hydrogen) atoms. The first-order valence-electron chi connectivity index (χ1n) is 4.07. The Hall–Kier alpha value is 0.420.